The Labute approximate surface area is 96.0 Å². The van der Waals surface area contributed by atoms with Crippen LogP contribution in [0.2, 0.25) is 0 Å². The maximum absolute atomic E-state index is 11.5. The van der Waals surface area contributed by atoms with E-state index in [4.69, 9.17) is 0 Å². The third kappa shape index (κ3) is 2.33. The third-order valence-electron chi connectivity index (χ3n) is 1.97. The monoisotopic (exact) mass is 231 g/mol. The molecule has 0 aromatic carbocycles. The predicted molar refractivity (Wildman–Crippen MR) is 60.0 cm³/mol. The Morgan fingerprint density at radius 2 is 2.35 bits per heavy atom. The Morgan fingerprint density at radius 3 is 2.94 bits per heavy atom. The van der Waals surface area contributed by atoms with Crippen LogP contribution in [0.3, 0.4) is 0 Å². The molecule has 0 saturated heterocycles. The molecule has 7 nitrogen and oxygen atoms in total. The van der Waals surface area contributed by atoms with Crippen LogP contribution in [-0.4, -0.2) is 31.6 Å². The summed E-state index contributed by atoms with van der Waals surface area (Å²) in [6, 6.07) is 3.54. The van der Waals surface area contributed by atoms with Crippen molar-refractivity contribution in [3.05, 3.63) is 46.9 Å². The number of pyridine rings is 1. The zero-order chi connectivity index (χ0) is 12.3. The van der Waals surface area contributed by atoms with Crippen molar-refractivity contribution >= 4 is 12.1 Å². The third-order valence-corrected chi connectivity index (χ3v) is 1.97. The summed E-state index contributed by atoms with van der Waals surface area (Å²) in [5.74, 6) is -0.453. The number of rotatable bonds is 2. The molecule has 2 aromatic heterocycles. The van der Waals surface area contributed by atoms with Crippen LogP contribution in [0.5, 0.6) is 0 Å². The van der Waals surface area contributed by atoms with Crippen LogP contribution in [0, 0.1) is 0 Å². The van der Waals surface area contributed by atoms with Crippen LogP contribution in [-0.2, 0) is 0 Å². The fraction of sp³-hybridized carbons (Fsp3) is 0.100. The van der Waals surface area contributed by atoms with E-state index < -0.39 is 11.6 Å². The Balaban J connectivity index is 2.29. The second-order valence-corrected chi connectivity index (χ2v) is 3.22. The molecule has 0 amide bonds. The summed E-state index contributed by atoms with van der Waals surface area (Å²) in [7, 11) is 0. The van der Waals surface area contributed by atoms with Gasteiger partial charge >= 0.3 is 5.69 Å². The van der Waals surface area contributed by atoms with E-state index in [0.29, 0.717) is 0 Å². The van der Waals surface area contributed by atoms with Crippen LogP contribution in [0.4, 0.5) is 0 Å². The standard InChI is InChI=1S/C10H9N5O2/c1-8(16)15-10(17)14(7-13-15)12-6-9-3-2-4-11-5-9/h2-7H,1H3. The summed E-state index contributed by atoms with van der Waals surface area (Å²) in [5, 5.41) is 7.50. The molecule has 2 aromatic rings. The van der Waals surface area contributed by atoms with Gasteiger partial charge in [-0.05, 0) is 6.07 Å². The van der Waals surface area contributed by atoms with E-state index in [9.17, 15) is 9.59 Å². The molecule has 86 valence electrons. The SMILES string of the molecule is CC(=O)n1ncn(N=Cc2cccnc2)c1=O. The maximum atomic E-state index is 11.5. The van der Waals surface area contributed by atoms with Gasteiger partial charge in [0.1, 0.15) is 6.33 Å². The number of carbonyl (C=O) groups is 1. The Morgan fingerprint density at radius 1 is 1.53 bits per heavy atom. The van der Waals surface area contributed by atoms with Crippen molar-refractivity contribution < 1.29 is 4.79 Å². The first-order valence-corrected chi connectivity index (χ1v) is 4.80. The highest BCUT2D eigenvalue weighted by Crippen LogP contribution is 1.90. The molecule has 17 heavy (non-hydrogen) atoms. The van der Waals surface area contributed by atoms with Crippen LogP contribution >= 0.6 is 0 Å². The zero-order valence-corrected chi connectivity index (χ0v) is 9.02. The molecular weight excluding hydrogens is 222 g/mol. The lowest BCUT2D eigenvalue weighted by Crippen LogP contribution is -2.26. The molecule has 2 heterocycles. The van der Waals surface area contributed by atoms with Crippen molar-refractivity contribution in [2.75, 3.05) is 0 Å². The van der Waals surface area contributed by atoms with Crippen molar-refractivity contribution in [3.8, 4) is 0 Å². The van der Waals surface area contributed by atoms with Gasteiger partial charge in [-0.25, -0.2) is 4.79 Å². The Bertz CT molecular complexity index is 611. The minimum absolute atomic E-state index is 0.453. The van der Waals surface area contributed by atoms with Gasteiger partial charge in [0.15, 0.2) is 0 Å². The number of nitrogens with zero attached hydrogens (tertiary/aromatic N) is 5. The lowest BCUT2D eigenvalue weighted by molar-refractivity contribution is 0.0916. The summed E-state index contributed by atoms with van der Waals surface area (Å²) in [5.41, 5.74) is 0.146. The zero-order valence-electron chi connectivity index (χ0n) is 9.02. The second kappa shape index (κ2) is 4.52. The second-order valence-electron chi connectivity index (χ2n) is 3.22. The molecule has 2 rings (SSSR count). The lowest BCUT2D eigenvalue weighted by Gasteiger charge is -1.91. The first-order valence-electron chi connectivity index (χ1n) is 4.80. The van der Waals surface area contributed by atoms with Crippen molar-refractivity contribution in [3.63, 3.8) is 0 Å². The average Bonchev–Trinajstić information content (AvgIpc) is 2.69. The van der Waals surface area contributed by atoms with E-state index in [1.54, 1.807) is 24.5 Å². The predicted octanol–water partition coefficient (Wildman–Crippen LogP) is -0.0179. The fourth-order valence-corrected chi connectivity index (χ4v) is 1.17. The van der Waals surface area contributed by atoms with E-state index in [0.717, 1.165) is 14.9 Å². The maximum Gasteiger partial charge on any atom is 0.373 e. The number of hydrogen-bond donors (Lipinski definition) is 0. The van der Waals surface area contributed by atoms with Crippen molar-refractivity contribution in [2.45, 2.75) is 6.92 Å². The smallest absolute Gasteiger partial charge is 0.273 e. The molecule has 0 atom stereocenters. The molecular formula is C10H9N5O2. The van der Waals surface area contributed by atoms with Gasteiger partial charge < -0.3 is 0 Å². The van der Waals surface area contributed by atoms with Gasteiger partial charge in [0.25, 0.3) is 0 Å². The number of hydrogen-bond acceptors (Lipinski definition) is 5. The molecule has 0 aliphatic rings. The van der Waals surface area contributed by atoms with Crippen molar-refractivity contribution in [1.82, 2.24) is 19.4 Å². The van der Waals surface area contributed by atoms with Gasteiger partial charge in [0, 0.05) is 24.9 Å². The summed E-state index contributed by atoms with van der Waals surface area (Å²) < 4.78 is 1.72. The minimum atomic E-state index is -0.599. The topological polar surface area (TPSA) is 82.1 Å². The Hall–Kier alpha value is -2.57. The first kappa shape index (κ1) is 10.9. The van der Waals surface area contributed by atoms with Crippen LogP contribution in [0.15, 0.2) is 40.7 Å². The number of carbonyl (C=O) groups excluding carboxylic acids is 1. The molecule has 0 bridgehead atoms. The summed E-state index contributed by atoms with van der Waals surface area (Å²) in [6.07, 6.45) is 5.87. The van der Waals surface area contributed by atoms with E-state index in [1.165, 1.54) is 19.5 Å². The highest BCUT2D eigenvalue weighted by molar-refractivity contribution is 5.78. The van der Waals surface area contributed by atoms with Crippen molar-refractivity contribution in [1.29, 1.82) is 0 Å². The average molecular weight is 231 g/mol. The molecule has 7 heteroatoms. The van der Waals surface area contributed by atoms with Gasteiger partial charge in [-0.15, -0.1) is 9.78 Å². The molecule has 0 spiro atoms. The van der Waals surface area contributed by atoms with Gasteiger partial charge in [-0.1, -0.05) is 6.07 Å². The molecule has 0 fully saturated rings. The minimum Gasteiger partial charge on any atom is -0.273 e. The van der Waals surface area contributed by atoms with Crippen molar-refractivity contribution in [2.24, 2.45) is 5.10 Å². The highest BCUT2D eigenvalue weighted by Gasteiger charge is 2.06. The number of aromatic nitrogens is 4. The van der Waals surface area contributed by atoms with E-state index in [2.05, 4.69) is 15.2 Å². The van der Waals surface area contributed by atoms with Gasteiger partial charge in [-0.3, -0.25) is 9.78 Å². The lowest BCUT2D eigenvalue weighted by atomic mass is 10.3. The largest absolute Gasteiger partial charge is 0.373 e. The highest BCUT2D eigenvalue weighted by atomic mass is 16.2. The summed E-state index contributed by atoms with van der Waals surface area (Å²) in [4.78, 5) is 26.4. The first-order chi connectivity index (χ1) is 8.18. The van der Waals surface area contributed by atoms with Gasteiger partial charge in [0.05, 0.1) is 6.21 Å². The van der Waals surface area contributed by atoms with Crippen LogP contribution in [0.25, 0.3) is 0 Å². The van der Waals surface area contributed by atoms with Crippen LogP contribution in [0.1, 0.15) is 17.3 Å². The Kier molecular flexibility index (Phi) is 2.91. The van der Waals surface area contributed by atoms with E-state index in [1.807, 2.05) is 0 Å². The van der Waals surface area contributed by atoms with E-state index >= 15 is 0 Å². The normalized spacial score (nSPS) is 10.9. The molecule has 0 N–H and O–H groups in total. The molecule has 0 saturated carbocycles. The molecule has 0 aliphatic carbocycles. The summed E-state index contributed by atoms with van der Waals surface area (Å²) >= 11 is 0. The molecule has 0 aliphatic heterocycles. The molecule has 0 radical (unpaired) electrons. The van der Waals surface area contributed by atoms with E-state index in [-0.39, 0.29) is 0 Å². The van der Waals surface area contributed by atoms with Gasteiger partial charge in [0.2, 0.25) is 5.91 Å². The van der Waals surface area contributed by atoms with Crippen LogP contribution < -0.4 is 5.69 Å². The quantitative estimate of drug-likeness (QED) is 0.680. The molecule has 0 unspecified atom stereocenters. The summed E-state index contributed by atoms with van der Waals surface area (Å²) in [6.45, 7) is 1.25. The fourth-order valence-electron chi connectivity index (χ4n) is 1.17. The van der Waals surface area contributed by atoms with Gasteiger partial charge in [-0.2, -0.15) is 9.78 Å².